The minimum Gasteiger partial charge on any atom is -0.486 e. The number of aromatic nitrogens is 1. The molecule has 7 heteroatoms. The van der Waals surface area contributed by atoms with Crippen molar-refractivity contribution in [2.45, 2.75) is 6.54 Å². The van der Waals surface area contributed by atoms with E-state index in [1.165, 1.54) is 6.07 Å². The van der Waals surface area contributed by atoms with Crippen molar-refractivity contribution in [2.24, 2.45) is 0 Å². The maximum Gasteiger partial charge on any atom is 0.244 e. The highest BCUT2D eigenvalue weighted by Gasteiger charge is 2.13. The first-order chi connectivity index (χ1) is 12.6. The molecule has 1 aromatic heterocycles. The maximum atomic E-state index is 12.5. The Morgan fingerprint density at radius 1 is 1.08 bits per heavy atom. The highest BCUT2D eigenvalue weighted by atomic mass is 79.9. The van der Waals surface area contributed by atoms with Gasteiger partial charge in [0.2, 0.25) is 5.91 Å². The Bertz CT molecular complexity index is 1060. The van der Waals surface area contributed by atoms with Crippen LogP contribution in [0, 0.1) is 0 Å². The summed E-state index contributed by atoms with van der Waals surface area (Å²) in [6, 6.07) is 12.1. The van der Waals surface area contributed by atoms with E-state index in [4.69, 9.17) is 9.47 Å². The molecule has 2 heterocycles. The zero-order chi connectivity index (χ0) is 18.1. The number of anilines is 1. The van der Waals surface area contributed by atoms with Crippen LogP contribution in [0.3, 0.4) is 0 Å². The number of nitrogens with zero attached hydrogens (tertiary/aromatic N) is 1. The lowest BCUT2D eigenvalue weighted by molar-refractivity contribution is -0.116. The molecule has 0 aliphatic carbocycles. The number of rotatable bonds is 3. The summed E-state index contributed by atoms with van der Waals surface area (Å²) in [5.41, 5.74) is 1.26. The predicted molar refractivity (Wildman–Crippen MR) is 102 cm³/mol. The average Bonchev–Trinajstić information content (AvgIpc) is 2.64. The van der Waals surface area contributed by atoms with Gasteiger partial charge in [0.1, 0.15) is 19.8 Å². The summed E-state index contributed by atoms with van der Waals surface area (Å²) < 4.78 is 13.6. The number of hydrogen-bond acceptors (Lipinski definition) is 4. The first-order valence-corrected chi connectivity index (χ1v) is 8.88. The molecule has 4 rings (SSSR count). The molecule has 0 spiro atoms. The molecule has 0 radical (unpaired) electrons. The number of carbonyl (C=O) groups excluding carboxylic acids is 1. The minimum absolute atomic E-state index is 0.0732. The second-order valence-corrected chi connectivity index (χ2v) is 6.79. The molecule has 1 aliphatic heterocycles. The molecule has 0 saturated carbocycles. The van der Waals surface area contributed by atoms with E-state index in [1.807, 2.05) is 12.1 Å². The summed E-state index contributed by atoms with van der Waals surface area (Å²) in [6.07, 6.45) is 1.63. The van der Waals surface area contributed by atoms with Crippen molar-refractivity contribution >= 4 is 38.4 Å². The van der Waals surface area contributed by atoms with Crippen molar-refractivity contribution in [2.75, 3.05) is 18.5 Å². The second kappa shape index (κ2) is 6.84. The summed E-state index contributed by atoms with van der Waals surface area (Å²) >= 11 is 3.40. The van der Waals surface area contributed by atoms with Crippen LogP contribution in [0.2, 0.25) is 0 Å². The van der Waals surface area contributed by atoms with Gasteiger partial charge in [0.15, 0.2) is 16.9 Å². The van der Waals surface area contributed by atoms with Crippen LogP contribution in [-0.4, -0.2) is 23.7 Å². The van der Waals surface area contributed by atoms with Crippen LogP contribution >= 0.6 is 15.9 Å². The van der Waals surface area contributed by atoms with Crippen LogP contribution in [-0.2, 0) is 11.3 Å². The van der Waals surface area contributed by atoms with E-state index in [0.717, 1.165) is 4.47 Å². The predicted octanol–water partition coefficient (Wildman–Crippen LogP) is 3.17. The normalized spacial score (nSPS) is 12.8. The van der Waals surface area contributed by atoms with Gasteiger partial charge >= 0.3 is 0 Å². The van der Waals surface area contributed by atoms with Gasteiger partial charge in [0.05, 0.1) is 5.52 Å². The number of benzene rings is 2. The number of pyridine rings is 1. The van der Waals surface area contributed by atoms with Gasteiger partial charge in [0.25, 0.3) is 0 Å². The molecular formula is C19H15BrN2O4. The minimum atomic E-state index is -0.202. The van der Waals surface area contributed by atoms with Crippen LogP contribution < -0.4 is 20.2 Å². The molecule has 2 aromatic carbocycles. The van der Waals surface area contributed by atoms with Crippen LogP contribution in [0.15, 0.2) is 57.9 Å². The van der Waals surface area contributed by atoms with E-state index >= 15 is 0 Å². The molecule has 1 aliphatic rings. The third kappa shape index (κ3) is 3.30. The zero-order valence-corrected chi connectivity index (χ0v) is 15.3. The topological polar surface area (TPSA) is 69.6 Å². The first kappa shape index (κ1) is 16.7. The van der Waals surface area contributed by atoms with E-state index in [0.29, 0.717) is 41.3 Å². The van der Waals surface area contributed by atoms with Gasteiger partial charge in [-0.25, -0.2) is 0 Å². The Hall–Kier alpha value is -2.80. The molecule has 0 atom stereocenters. The van der Waals surface area contributed by atoms with Crippen LogP contribution in [0.5, 0.6) is 11.5 Å². The van der Waals surface area contributed by atoms with Crippen molar-refractivity contribution in [3.8, 4) is 11.5 Å². The first-order valence-electron chi connectivity index (χ1n) is 8.08. The number of fused-ring (bicyclic) bond motifs is 2. The highest BCUT2D eigenvalue weighted by Crippen LogP contribution is 2.32. The van der Waals surface area contributed by atoms with E-state index in [1.54, 1.807) is 35.0 Å². The van der Waals surface area contributed by atoms with Gasteiger partial charge in [0, 0.05) is 33.9 Å². The third-order valence-electron chi connectivity index (χ3n) is 4.08. The molecule has 3 aromatic rings. The summed E-state index contributed by atoms with van der Waals surface area (Å²) in [6.45, 7) is 1.10. The SMILES string of the molecule is O=C(Cn1ccc(=O)c2ccc(Br)cc21)Nc1ccc2c(c1)OCCO2. The molecular weight excluding hydrogens is 400 g/mol. The van der Waals surface area contributed by atoms with Gasteiger partial charge in [-0.1, -0.05) is 15.9 Å². The number of nitrogens with one attached hydrogen (secondary N) is 1. The van der Waals surface area contributed by atoms with Crippen molar-refractivity contribution in [1.29, 1.82) is 0 Å². The molecule has 0 fully saturated rings. The lowest BCUT2D eigenvalue weighted by Gasteiger charge is -2.19. The molecule has 26 heavy (non-hydrogen) atoms. The second-order valence-electron chi connectivity index (χ2n) is 5.88. The van der Waals surface area contributed by atoms with Gasteiger partial charge in [-0.3, -0.25) is 9.59 Å². The lowest BCUT2D eigenvalue weighted by atomic mass is 10.2. The average molecular weight is 415 g/mol. The quantitative estimate of drug-likeness (QED) is 0.714. The van der Waals surface area contributed by atoms with E-state index < -0.39 is 0 Å². The van der Waals surface area contributed by atoms with Gasteiger partial charge < -0.3 is 19.4 Å². The highest BCUT2D eigenvalue weighted by molar-refractivity contribution is 9.10. The molecule has 0 saturated heterocycles. The summed E-state index contributed by atoms with van der Waals surface area (Å²) in [4.78, 5) is 24.5. The van der Waals surface area contributed by atoms with Crippen molar-refractivity contribution in [1.82, 2.24) is 4.57 Å². The Morgan fingerprint density at radius 3 is 2.73 bits per heavy atom. The largest absolute Gasteiger partial charge is 0.486 e. The monoisotopic (exact) mass is 414 g/mol. The zero-order valence-electron chi connectivity index (χ0n) is 13.7. The molecule has 0 unspecified atom stereocenters. The molecule has 1 N–H and O–H groups in total. The Labute approximate surface area is 157 Å². The van der Waals surface area contributed by atoms with E-state index in [-0.39, 0.29) is 17.9 Å². The fourth-order valence-corrected chi connectivity index (χ4v) is 3.24. The lowest BCUT2D eigenvalue weighted by Crippen LogP contribution is -2.21. The number of carbonyl (C=O) groups is 1. The summed E-state index contributed by atoms with van der Waals surface area (Å²) in [5.74, 6) is 1.09. The molecule has 0 bridgehead atoms. The molecule has 132 valence electrons. The van der Waals surface area contributed by atoms with Crippen LogP contribution in [0.1, 0.15) is 0 Å². The van der Waals surface area contributed by atoms with Gasteiger partial charge in [-0.05, 0) is 30.3 Å². The fraction of sp³-hybridized carbons (Fsp3) is 0.158. The van der Waals surface area contributed by atoms with Crippen LogP contribution in [0.4, 0.5) is 5.69 Å². The Kier molecular flexibility index (Phi) is 4.38. The van der Waals surface area contributed by atoms with Gasteiger partial charge in [-0.15, -0.1) is 0 Å². The third-order valence-corrected chi connectivity index (χ3v) is 4.57. The van der Waals surface area contributed by atoms with Crippen LogP contribution in [0.25, 0.3) is 10.9 Å². The Balaban J connectivity index is 1.57. The van der Waals surface area contributed by atoms with E-state index in [9.17, 15) is 9.59 Å². The number of hydrogen-bond donors (Lipinski definition) is 1. The summed E-state index contributed by atoms with van der Waals surface area (Å²) in [7, 11) is 0. The standard InChI is InChI=1S/C19H15BrN2O4/c20-12-1-3-14-15(9-12)22(6-5-16(14)23)11-19(24)21-13-2-4-17-18(10-13)26-8-7-25-17/h1-6,9-10H,7-8,11H2,(H,21,24). The smallest absolute Gasteiger partial charge is 0.244 e. The fourth-order valence-electron chi connectivity index (χ4n) is 2.89. The van der Waals surface area contributed by atoms with Gasteiger partial charge in [-0.2, -0.15) is 0 Å². The number of ether oxygens (including phenoxy) is 2. The Morgan fingerprint density at radius 2 is 1.88 bits per heavy atom. The van der Waals surface area contributed by atoms with E-state index in [2.05, 4.69) is 21.2 Å². The van der Waals surface area contributed by atoms with Crippen molar-refractivity contribution < 1.29 is 14.3 Å². The maximum absolute atomic E-state index is 12.5. The molecule has 6 nitrogen and oxygen atoms in total. The van der Waals surface area contributed by atoms with Crippen molar-refractivity contribution in [3.05, 3.63) is 63.4 Å². The molecule has 1 amide bonds. The van der Waals surface area contributed by atoms with Crippen molar-refractivity contribution in [3.63, 3.8) is 0 Å². The number of halogens is 1. The number of amides is 1. The summed E-state index contributed by atoms with van der Waals surface area (Å²) in [5, 5.41) is 3.42.